The third-order valence-corrected chi connectivity index (χ3v) is 2.02. The molecule has 1 aliphatic heterocycles. The average Bonchev–Trinajstić information content (AvgIpc) is 1.90. The minimum atomic E-state index is 0.347. The van der Waals surface area contributed by atoms with Crippen molar-refractivity contribution < 1.29 is 5.11 Å². The standard InChI is InChI=1S/C7H15NO/c1-6-2-3-7(5-9)4-8-6/h6-9H,2-5H2,1H3/t6-,7-/m1/s1. The summed E-state index contributed by atoms with van der Waals surface area (Å²) in [5.74, 6) is 0.515. The van der Waals surface area contributed by atoms with Crippen molar-refractivity contribution in [1.29, 1.82) is 0 Å². The van der Waals surface area contributed by atoms with E-state index in [4.69, 9.17) is 5.11 Å². The summed E-state index contributed by atoms with van der Waals surface area (Å²) in [5, 5.41) is 12.1. The van der Waals surface area contributed by atoms with Gasteiger partial charge in [0.25, 0.3) is 0 Å². The molecule has 54 valence electrons. The van der Waals surface area contributed by atoms with Gasteiger partial charge in [0.1, 0.15) is 0 Å². The Kier molecular flexibility index (Phi) is 2.49. The maximum atomic E-state index is 8.74. The lowest BCUT2D eigenvalue weighted by molar-refractivity contribution is 0.186. The lowest BCUT2D eigenvalue weighted by atomic mass is 9.96. The summed E-state index contributed by atoms with van der Waals surface area (Å²) < 4.78 is 0. The predicted octanol–water partition coefficient (Wildman–Crippen LogP) is 0.367. The third kappa shape index (κ3) is 1.95. The zero-order valence-electron chi connectivity index (χ0n) is 5.93. The van der Waals surface area contributed by atoms with Crippen molar-refractivity contribution >= 4 is 0 Å². The molecule has 9 heavy (non-hydrogen) atoms. The maximum Gasteiger partial charge on any atom is 0.0471 e. The van der Waals surface area contributed by atoms with Gasteiger partial charge in [-0.3, -0.25) is 0 Å². The van der Waals surface area contributed by atoms with E-state index in [2.05, 4.69) is 12.2 Å². The van der Waals surface area contributed by atoms with Crippen LogP contribution in [0.4, 0.5) is 0 Å². The number of piperidine rings is 1. The van der Waals surface area contributed by atoms with Gasteiger partial charge < -0.3 is 10.4 Å². The highest BCUT2D eigenvalue weighted by molar-refractivity contribution is 4.73. The fourth-order valence-electron chi connectivity index (χ4n) is 1.21. The molecular formula is C7H15NO. The summed E-state index contributed by atoms with van der Waals surface area (Å²) in [6.45, 7) is 3.53. The molecule has 0 spiro atoms. The molecule has 0 aromatic carbocycles. The van der Waals surface area contributed by atoms with Crippen LogP contribution in [0.2, 0.25) is 0 Å². The highest BCUT2D eigenvalue weighted by atomic mass is 16.3. The Morgan fingerprint density at radius 1 is 1.56 bits per heavy atom. The van der Waals surface area contributed by atoms with Crippen molar-refractivity contribution in [1.82, 2.24) is 5.32 Å². The van der Waals surface area contributed by atoms with Gasteiger partial charge >= 0.3 is 0 Å². The maximum absolute atomic E-state index is 8.74. The first-order chi connectivity index (χ1) is 4.33. The molecule has 0 amide bonds. The minimum absolute atomic E-state index is 0.347. The molecular weight excluding hydrogens is 114 g/mol. The molecule has 0 saturated carbocycles. The molecule has 1 fully saturated rings. The van der Waals surface area contributed by atoms with Gasteiger partial charge in [-0.2, -0.15) is 0 Å². The normalized spacial score (nSPS) is 36.7. The van der Waals surface area contributed by atoms with Gasteiger partial charge in [0, 0.05) is 19.2 Å². The second-order valence-corrected chi connectivity index (χ2v) is 2.94. The summed E-state index contributed by atoms with van der Waals surface area (Å²) in [6.07, 6.45) is 2.40. The number of rotatable bonds is 1. The van der Waals surface area contributed by atoms with E-state index in [1.807, 2.05) is 0 Å². The zero-order chi connectivity index (χ0) is 6.69. The molecule has 1 heterocycles. The molecule has 1 aliphatic rings. The SMILES string of the molecule is C[C@@H]1CC[C@@H](CO)CN1. The van der Waals surface area contributed by atoms with E-state index in [-0.39, 0.29) is 0 Å². The smallest absolute Gasteiger partial charge is 0.0471 e. The minimum Gasteiger partial charge on any atom is -0.396 e. The number of aliphatic hydroxyl groups is 1. The fraction of sp³-hybridized carbons (Fsp3) is 1.00. The summed E-state index contributed by atoms with van der Waals surface area (Å²) in [6, 6.07) is 0.660. The second-order valence-electron chi connectivity index (χ2n) is 2.94. The van der Waals surface area contributed by atoms with E-state index in [1.165, 1.54) is 12.8 Å². The van der Waals surface area contributed by atoms with E-state index in [9.17, 15) is 0 Å². The van der Waals surface area contributed by atoms with Crippen molar-refractivity contribution in [3.05, 3.63) is 0 Å². The van der Waals surface area contributed by atoms with Crippen LogP contribution in [0.1, 0.15) is 19.8 Å². The molecule has 0 aromatic rings. The van der Waals surface area contributed by atoms with Gasteiger partial charge in [-0.1, -0.05) is 0 Å². The van der Waals surface area contributed by atoms with E-state index >= 15 is 0 Å². The Labute approximate surface area is 56.3 Å². The van der Waals surface area contributed by atoms with Gasteiger partial charge in [-0.25, -0.2) is 0 Å². The van der Waals surface area contributed by atoms with Gasteiger partial charge in [0.2, 0.25) is 0 Å². The van der Waals surface area contributed by atoms with Gasteiger partial charge in [0.15, 0.2) is 0 Å². The lowest BCUT2D eigenvalue weighted by Crippen LogP contribution is -2.38. The summed E-state index contributed by atoms with van der Waals surface area (Å²) in [5.41, 5.74) is 0. The zero-order valence-corrected chi connectivity index (χ0v) is 5.93. The van der Waals surface area contributed by atoms with Gasteiger partial charge in [-0.15, -0.1) is 0 Å². The Morgan fingerprint density at radius 2 is 2.33 bits per heavy atom. The Hall–Kier alpha value is -0.0800. The van der Waals surface area contributed by atoms with Crippen LogP contribution in [0.5, 0.6) is 0 Å². The summed E-state index contributed by atoms with van der Waals surface area (Å²) >= 11 is 0. The highest BCUT2D eigenvalue weighted by Gasteiger charge is 2.15. The van der Waals surface area contributed by atoms with Crippen LogP contribution in [0.15, 0.2) is 0 Å². The van der Waals surface area contributed by atoms with Crippen molar-refractivity contribution in [2.75, 3.05) is 13.2 Å². The number of nitrogens with one attached hydrogen (secondary N) is 1. The van der Waals surface area contributed by atoms with Crippen molar-refractivity contribution in [2.45, 2.75) is 25.8 Å². The molecule has 1 saturated heterocycles. The van der Waals surface area contributed by atoms with E-state index in [0.29, 0.717) is 18.6 Å². The number of hydrogen-bond acceptors (Lipinski definition) is 2. The molecule has 0 bridgehead atoms. The molecule has 0 aromatic heterocycles. The van der Waals surface area contributed by atoms with Crippen LogP contribution in [-0.4, -0.2) is 24.3 Å². The Morgan fingerprint density at radius 3 is 2.78 bits per heavy atom. The number of aliphatic hydroxyl groups excluding tert-OH is 1. The van der Waals surface area contributed by atoms with Gasteiger partial charge in [0.05, 0.1) is 0 Å². The van der Waals surface area contributed by atoms with Crippen LogP contribution < -0.4 is 5.32 Å². The Bertz CT molecular complexity index is 77.0. The molecule has 2 N–H and O–H groups in total. The molecule has 2 atom stereocenters. The van der Waals surface area contributed by atoms with Crippen LogP contribution in [0.25, 0.3) is 0 Å². The lowest BCUT2D eigenvalue weighted by Gasteiger charge is -2.25. The largest absolute Gasteiger partial charge is 0.396 e. The van der Waals surface area contributed by atoms with Crippen molar-refractivity contribution in [3.63, 3.8) is 0 Å². The molecule has 0 unspecified atom stereocenters. The first-order valence-electron chi connectivity index (χ1n) is 3.67. The third-order valence-electron chi connectivity index (χ3n) is 2.02. The van der Waals surface area contributed by atoms with Crippen LogP contribution in [0.3, 0.4) is 0 Å². The van der Waals surface area contributed by atoms with Crippen molar-refractivity contribution in [2.24, 2.45) is 5.92 Å². The topological polar surface area (TPSA) is 32.3 Å². The predicted molar refractivity (Wildman–Crippen MR) is 37.3 cm³/mol. The van der Waals surface area contributed by atoms with E-state index in [0.717, 1.165) is 6.54 Å². The number of hydrogen-bond donors (Lipinski definition) is 2. The van der Waals surface area contributed by atoms with Crippen LogP contribution >= 0.6 is 0 Å². The quantitative estimate of drug-likeness (QED) is 0.536. The molecule has 0 radical (unpaired) electrons. The summed E-state index contributed by atoms with van der Waals surface area (Å²) in [4.78, 5) is 0. The molecule has 0 aliphatic carbocycles. The molecule has 2 nitrogen and oxygen atoms in total. The Balaban J connectivity index is 2.18. The van der Waals surface area contributed by atoms with Gasteiger partial charge in [-0.05, 0) is 25.7 Å². The van der Waals surface area contributed by atoms with E-state index in [1.54, 1.807) is 0 Å². The van der Waals surface area contributed by atoms with Crippen LogP contribution in [0, 0.1) is 5.92 Å². The average molecular weight is 129 g/mol. The fourth-order valence-corrected chi connectivity index (χ4v) is 1.21. The molecule has 2 heteroatoms. The highest BCUT2D eigenvalue weighted by Crippen LogP contribution is 2.12. The monoisotopic (exact) mass is 129 g/mol. The molecule has 1 rings (SSSR count). The first-order valence-corrected chi connectivity index (χ1v) is 3.67. The first kappa shape index (κ1) is 7.03. The second kappa shape index (κ2) is 3.18. The van der Waals surface area contributed by atoms with E-state index < -0.39 is 0 Å². The summed E-state index contributed by atoms with van der Waals surface area (Å²) in [7, 11) is 0. The van der Waals surface area contributed by atoms with Crippen LogP contribution in [-0.2, 0) is 0 Å². The van der Waals surface area contributed by atoms with Crippen molar-refractivity contribution in [3.8, 4) is 0 Å².